The SMILES string of the molecule is COC(=O)c1ccccc1/C=N/Nc1ncccc1[N+](=O)[O-]. The molecule has 0 bridgehead atoms. The topological polar surface area (TPSA) is 107 Å². The molecule has 0 saturated heterocycles. The summed E-state index contributed by atoms with van der Waals surface area (Å²) < 4.78 is 4.67. The number of carbonyl (C=O) groups excluding carboxylic acids is 1. The summed E-state index contributed by atoms with van der Waals surface area (Å²) in [7, 11) is 1.28. The maximum Gasteiger partial charge on any atom is 0.338 e. The quantitative estimate of drug-likeness (QED) is 0.392. The number of carbonyl (C=O) groups is 1. The Kier molecular flexibility index (Phi) is 4.76. The molecule has 2 rings (SSSR count). The van der Waals surface area contributed by atoms with Crippen LogP contribution in [0.25, 0.3) is 0 Å². The third kappa shape index (κ3) is 3.42. The fourth-order valence-corrected chi connectivity index (χ4v) is 1.70. The van der Waals surface area contributed by atoms with Gasteiger partial charge in [-0.15, -0.1) is 0 Å². The molecule has 112 valence electrons. The van der Waals surface area contributed by atoms with Crippen molar-refractivity contribution in [3.63, 3.8) is 0 Å². The second kappa shape index (κ2) is 6.93. The molecule has 0 saturated carbocycles. The van der Waals surface area contributed by atoms with Crippen LogP contribution in [0.5, 0.6) is 0 Å². The number of nitrogens with one attached hydrogen (secondary N) is 1. The summed E-state index contributed by atoms with van der Waals surface area (Å²) in [6.07, 6.45) is 2.78. The Morgan fingerprint density at radius 2 is 2.14 bits per heavy atom. The van der Waals surface area contributed by atoms with Crippen LogP contribution < -0.4 is 5.43 Å². The van der Waals surface area contributed by atoms with Gasteiger partial charge < -0.3 is 4.74 Å². The summed E-state index contributed by atoms with van der Waals surface area (Å²) in [6, 6.07) is 9.46. The van der Waals surface area contributed by atoms with E-state index in [1.807, 2.05) is 0 Å². The molecule has 0 atom stereocenters. The van der Waals surface area contributed by atoms with Gasteiger partial charge in [-0.25, -0.2) is 9.78 Å². The van der Waals surface area contributed by atoms with Gasteiger partial charge >= 0.3 is 11.7 Å². The van der Waals surface area contributed by atoms with Gasteiger partial charge in [0, 0.05) is 17.8 Å². The monoisotopic (exact) mass is 300 g/mol. The van der Waals surface area contributed by atoms with Crippen LogP contribution in [0.2, 0.25) is 0 Å². The van der Waals surface area contributed by atoms with Crippen molar-refractivity contribution in [3.8, 4) is 0 Å². The smallest absolute Gasteiger partial charge is 0.338 e. The van der Waals surface area contributed by atoms with Crippen molar-refractivity contribution >= 4 is 23.7 Å². The minimum absolute atomic E-state index is 0.0132. The van der Waals surface area contributed by atoms with Gasteiger partial charge in [-0.05, 0) is 12.1 Å². The van der Waals surface area contributed by atoms with E-state index in [0.29, 0.717) is 11.1 Å². The van der Waals surface area contributed by atoms with Crippen molar-refractivity contribution in [3.05, 3.63) is 63.8 Å². The normalized spacial score (nSPS) is 10.4. The minimum Gasteiger partial charge on any atom is -0.465 e. The number of aromatic nitrogens is 1. The molecule has 0 aliphatic rings. The molecule has 0 aliphatic carbocycles. The van der Waals surface area contributed by atoms with Crippen LogP contribution in [-0.4, -0.2) is 29.2 Å². The number of anilines is 1. The molecule has 22 heavy (non-hydrogen) atoms. The first-order valence-corrected chi connectivity index (χ1v) is 6.19. The van der Waals surface area contributed by atoms with Crippen molar-refractivity contribution in [2.24, 2.45) is 5.10 Å². The van der Waals surface area contributed by atoms with E-state index in [1.165, 1.54) is 31.7 Å². The summed E-state index contributed by atoms with van der Waals surface area (Å²) in [5.41, 5.74) is 3.15. The van der Waals surface area contributed by atoms with Crippen molar-refractivity contribution in [1.29, 1.82) is 0 Å². The Balaban J connectivity index is 2.21. The average molecular weight is 300 g/mol. The summed E-state index contributed by atoms with van der Waals surface area (Å²) in [6.45, 7) is 0. The van der Waals surface area contributed by atoms with Crippen molar-refractivity contribution in [1.82, 2.24) is 4.98 Å². The molecule has 2 aromatic rings. The van der Waals surface area contributed by atoms with Gasteiger partial charge in [0.1, 0.15) is 0 Å². The molecular formula is C14H12N4O4. The van der Waals surface area contributed by atoms with Crippen molar-refractivity contribution < 1.29 is 14.5 Å². The zero-order chi connectivity index (χ0) is 15.9. The zero-order valence-electron chi connectivity index (χ0n) is 11.6. The predicted octanol–water partition coefficient (Wildman–Crippen LogP) is 2.22. The largest absolute Gasteiger partial charge is 0.465 e. The van der Waals surface area contributed by atoms with E-state index in [2.05, 4.69) is 20.2 Å². The number of pyridine rings is 1. The van der Waals surface area contributed by atoms with Crippen LogP contribution in [0, 0.1) is 10.1 Å². The highest BCUT2D eigenvalue weighted by Gasteiger charge is 2.13. The molecule has 0 unspecified atom stereocenters. The minimum atomic E-state index is -0.562. The Hall–Kier alpha value is -3.29. The molecule has 1 aromatic heterocycles. The zero-order valence-corrected chi connectivity index (χ0v) is 11.6. The van der Waals surface area contributed by atoms with Crippen LogP contribution in [-0.2, 0) is 4.74 Å². The van der Waals surface area contributed by atoms with Gasteiger partial charge in [0.05, 0.1) is 23.8 Å². The highest BCUT2D eigenvalue weighted by Crippen LogP contribution is 2.20. The molecule has 0 radical (unpaired) electrons. The van der Waals surface area contributed by atoms with Crippen LogP contribution in [0.4, 0.5) is 11.5 Å². The maximum absolute atomic E-state index is 11.6. The van der Waals surface area contributed by atoms with Crippen LogP contribution in [0.3, 0.4) is 0 Å². The molecule has 0 amide bonds. The van der Waals surface area contributed by atoms with Crippen LogP contribution in [0.15, 0.2) is 47.7 Å². The molecular weight excluding hydrogens is 288 g/mol. The second-order valence-corrected chi connectivity index (χ2v) is 4.08. The van der Waals surface area contributed by atoms with Gasteiger partial charge in [-0.3, -0.25) is 15.5 Å². The van der Waals surface area contributed by atoms with E-state index in [4.69, 9.17) is 0 Å². The predicted molar refractivity (Wildman–Crippen MR) is 79.9 cm³/mol. The van der Waals surface area contributed by atoms with Gasteiger partial charge in [0.25, 0.3) is 0 Å². The molecule has 8 nitrogen and oxygen atoms in total. The number of esters is 1. The van der Waals surface area contributed by atoms with Crippen molar-refractivity contribution in [2.75, 3.05) is 12.5 Å². The lowest BCUT2D eigenvalue weighted by atomic mass is 10.1. The highest BCUT2D eigenvalue weighted by atomic mass is 16.6. The molecule has 0 spiro atoms. The standard InChI is InChI=1S/C14H12N4O4/c1-22-14(19)11-6-3-2-5-10(11)9-16-17-13-12(18(20)21)7-4-8-15-13/h2-9H,1H3,(H,15,17)/b16-9+. The number of methoxy groups -OCH3 is 1. The highest BCUT2D eigenvalue weighted by molar-refractivity contribution is 5.99. The Morgan fingerprint density at radius 3 is 2.86 bits per heavy atom. The first kappa shape index (κ1) is 15.1. The molecule has 8 heteroatoms. The number of rotatable bonds is 5. The van der Waals surface area contributed by atoms with Crippen LogP contribution >= 0.6 is 0 Å². The first-order chi connectivity index (χ1) is 10.6. The number of hydrogen-bond donors (Lipinski definition) is 1. The fourth-order valence-electron chi connectivity index (χ4n) is 1.70. The average Bonchev–Trinajstić information content (AvgIpc) is 2.55. The summed E-state index contributed by atoms with van der Waals surface area (Å²) in [5.74, 6) is -0.481. The van der Waals surface area contributed by atoms with Gasteiger partial charge in [-0.2, -0.15) is 5.10 Å². The third-order valence-corrected chi connectivity index (χ3v) is 2.72. The second-order valence-electron chi connectivity index (χ2n) is 4.08. The lowest BCUT2D eigenvalue weighted by Gasteiger charge is -2.03. The van der Waals surface area contributed by atoms with E-state index in [-0.39, 0.29) is 11.5 Å². The molecule has 0 fully saturated rings. The maximum atomic E-state index is 11.6. The Morgan fingerprint density at radius 1 is 1.36 bits per heavy atom. The summed E-state index contributed by atoms with van der Waals surface area (Å²) in [5, 5.41) is 14.7. The third-order valence-electron chi connectivity index (χ3n) is 2.72. The lowest BCUT2D eigenvalue weighted by molar-refractivity contribution is -0.384. The van der Waals surface area contributed by atoms with Gasteiger partial charge in [-0.1, -0.05) is 18.2 Å². The van der Waals surface area contributed by atoms with Crippen LogP contribution in [0.1, 0.15) is 15.9 Å². The number of hydrogen-bond acceptors (Lipinski definition) is 7. The number of benzene rings is 1. The number of nitrogens with zero attached hydrogens (tertiary/aromatic N) is 3. The Bertz CT molecular complexity index is 730. The first-order valence-electron chi connectivity index (χ1n) is 6.19. The number of ether oxygens (including phenoxy) is 1. The molecule has 0 aliphatic heterocycles. The van der Waals surface area contributed by atoms with E-state index < -0.39 is 10.9 Å². The van der Waals surface area contributed by atoms with Crippen molar-refractivity contribution in [2.45, 2.75) is 0 Å². The lowest BCUT2D eigenvalue weighted by Crippen LogP contribution is -2.06. The molecule has 1 N–H and O–H groups in total. The number of hydrazone groups is 1. The summed E-state index contributed by atoms with van der Waals surface area (Å²) in [4.78, 5) is 25.7. The van der Waals surface area contributed by atoms with E-state index >= 15 is 0 Å². The van der Waals surface area contributed by atoms with E-state index in [9.17, 15) is 14.9 Å². The van der Waals surface area contributed by atoms with E-state index in [1.54, 1.807) is 24.3 Å². The van der Waals surface area contributed by atoms with Gasteiger partial charge in [0.15, 0.2) is 0 Å². The molecule has 1 aromatic carbocycles. The number of nitro groups is 1. The van der Waals surface area contributed by atoms with Gasteiger partial charge in [0.2, 0.25) is 5.82 Å². The fraction of sp³-hybridized carbons (Fsp3) is 0.0714. The van der Waals surface area contributed by atoms with E-state index in [0.717, 1.165) is 0 Å². The molecule has 1 heterocycles. The Labute approximate surface area is 125 Å². The summed E-state index contributed by atoms with van der Waals surface area (Å²) >= 11 is 0.